The van der Waals surface area contributed by atoms with Crippen LogP contribution in [0.15, 0.2) is 18.2 Å². The molecular formula is C21H30N4O5. The van der Waals surface area contributed by atoms with Crippen molar-refractivity contribution in [2.75, 3.05) is 33.9 Å². The van der Waals surface area contributed by atoms with Crippen LogP contribution in [0.3, 0.4) is 0 Å². The molecule has 0 saturated carbocycles. The summed E-state index contributed by atoms with van der Waals surface area (Å²) in [5, 5.41) is 5.52. The average Bonchev–Trinajstić information content (AvgIpc) is 3.31. The molecule has 0 radical (unpaired) electrons. The number of hydrogen-bond acceptors (Lipinski definition) is 6. The highest BCUT2D eigenvalue weighted by Gasteiger charge is 2.39. The number of hydrogen-bond donors (Lipinski definition) is 2. The Morgan fingerprint density at radius 1 is 1.23 bits per heavy atom. The van der Waals surface area contributed by atoms with E-state index in [1.807, 2.05) is 0 Å². The van der Waals surface area contributed by atoms with Crippen LogP contribution in [-0.4, -0.2) is 73.6 Å². The van der Waals surface area contributed by atoms with Crippen molar-refractivity contribution in [3.05, 3.63) is 23.8 Å². The maximum Gasteiger partial charge on any atom is 0.325 e. The molecule has 0 unspecified atom stereocenters. The Morgan fingerprint density at radius 3 is 2.70 bits per heavy atom. The van der Waals surface area contributed by atoms with Crippen molar-refractivity contribution < 1.29 is 23.9 Å². The molecule has 164 valence electrons. The van der Waals surface area contributed by atoms with Gasteiger partial charge in [0.15, 0.2) is 11.5 Å². The third-order valence-corrected chi connectivity index (χ3v) is 5.73. The van der Waals surface area contributed by atoms with Crippen LogP contribution in [0.5, 0.6) is 11.5 Å². The van der Waals surface area contributed by atoms with Crippen molar-refractivity contribution in [1.82, 2.24) is 20.4 Å². The van der Waals surface area contributed by atoms with Crippen molar-refractivity contribution in [1.29, 1.82) is 0 Å². The largest absolute Gasteiger partial charge is 0.493 e. The van der Waals surface area contributed by atoms with E-state index in [2.05, 4.69) is 22.5 Å². The second-order valence-corrected chi connectivity index (χ2v) is 7.55. The zero-order chi connectivity index (χ0) is 21.7. The van der Waals surface area contributed by atoms with Crippen LogP contribution in [-0.2, 0) is 16.1 Å². The van der Waals surface area contributed by atoms with Crippen molar-refractivity contribution in [2.24, 2.45) is 0 Å². The number of rotatable bonds is 9. The fourth-order valence-corrected chi connectivity index (χ4v) is 4.06. The minimum absolute atomic E-state index is 0.0636. The number of ether oxygens (including phenoxy) is 2. The molecule has 9 heteroatoms. The zero-order valence-corrected chi connectivity index (χ0v) is 17.8. The number of amides is 4. The van der Waals surface area contributed by atoms with Gasteiger partial charge < -0.3 is 20.1 Å². The topological polar surface area (TPSA) is 100 Å². The standard InChI is InChI=1S/C21H30N4O5/c1-4-24-9-5-6-15(24)12-22-19(26)11-16-20(27)25(21(28)23-16)13-14-7-8-17(29-2)18(10-14)30-3/h7-8,10,15-16H,4-6,9,11-13H2,1-3H3,(H,22,26)(H,23,28)/t15-,16-/m0/s1. The zero-order valence-electron chi connectivity index (χ0n) is 17.8. The van der Waals surface area contributed by atoms with Crippen LogP contribution in [0.4, 0.5) is 4.79 Å². The summed E-state index contributed by atoms with van der Waals surface area (Å²) in [5.74, 6) is 0.452. The highest BCUT2D eigenvalue weighted by molar-refractivity contribution is 6.05. The number of nitrogens with zero attached hydrogens (tertiary/aromatic N) is 2. The Labute approximate surface area is 176 Å². The number of carbonyl (C=O) groups excluding carboxylic acids is 3. The molecule has 0 spiro atoms. The number of nitrogens with one attached hydrogen (secondary N) is 2. The summed E-state index contributed by atoms with van der Waals surface area (Å²) in [6.07, 6.45) is 2.13. The lowest BCUT2D eigenvalue weighted by Crippen LogP contribution is -2.42. The first-order valence-electron chi connectivity index (χ1n) is 10.3. The van der Waals surface area contributed by atoms with Crippen LogP contribution in [0.1, 0.15) is 31.7 Å². The number of methoxy groups -OCH3 is 2. The summed E-state index contributed by atoms with van der Waals surface area (Å²) in [6, 6.07) is 4.21. The van der Waals surface area contributed by atoms with Crippen LogP contribution in [0.2, 0.25) is 0 Å². The predicted octanol–water partition coefficient (Wildman–Crippen LogP) is 1.11. The fourth-order valence-electron chi connectivity index (χ4n) is 4.06. The Kier molecular flexibility index (Phi) is 7.15. The molecule has 2 atom stereocenters. The van der Waals surface area contributed by atoms with Crippen molar-refractivity contribution in [2.45, 2.75) is 44.8 Å². The number of likely N-dealkylation sites (tertiary alicyclic amines) is 1. The van der Waals surface area contributed by atoms with Gasteiger partial charge in [0.1, 0.15) is 6.04 Å². The number of carbonyl (C=O) groups is 3. The van der Waals surface area contributed by atoms with Crippen LogP contribution in [0, 0.1) is 0 Å². The van der Waals surface area contributed by atoms with E-state index < -0.39 is 18.0 Å². The van der Waals surface area contributed by atoms with Gasteiger partial charge in [-0.25, -0.2) is 4.79 Å². The van der Waals surface area contributed by atoms with E-state index in [1.54, 1.807) is 18.2 Å². The molecule has 1 aromatic rings. The lowest BCUT2D eigenvalue weighted by Gasteiger charge is -2.23. The van der Waals surface area contributed by atoms with Crippen LogP contribution in [0.25, 0.3) is 0 Å². The summed E-state index contributed by atoms with van der Waals surface area (Å²) in [7, 11) is 3.06. The molecule has 2 aliphatic heterocycles. The molecule has 2 N–H and O–H groups in total. The summed E-state index contributed by atoms with van der Waals surface area (Å²) >= 11 is 0. The van der Waals surface area contributed by atoms with E-state index in [-0.39, 0.29) is 18.9 Å². The predicted molar refractivity (Wildman–Crippen MR) is 110 cm³/mol. The van der Waals surface area contributed by atoms with Crippen molar-refractivity contribution >= 4 is 17.8 Å². The van der Waals surface area contributed by atoms with Gasteiger partial charge in [0.25, 0.3) is 5.91 Å². The van der Waals surface area contributed by atoms with E-state index in [9.17, 15) is 14.4 Å². The molecule has 2 fully saturated rings. The number of urea groups is 1. The van der Waals surface area contributed by atoms with Gasteiger partial charge in [-0.05, 0) is 43.6 Å². The Bertz CT molecular complexity index is 800. The van der Waals surface area contributed by atoms with Gasteiger partial charge in [0.2, 0.25) is 5.91 Å². The monoisotopic (exact) mass is 418 g/mol. The summed E-state index contributed by atoms with van der Waals surface area (Å²) in [4.78, 5) is 40.8. The maximum absolute atomic E-state index is 12.7. The van der Waals surface area contributed by atoms with Crippen molar-refractivity contribution in [3.63, 3.8) is 0 Å². The van der Waals surface area contributed by atoms with E-state index in [4.69, 9.17) is 9.47 Å². The van der Waals surface area contributed by atoms with Crippen LogP contribution >= 0.6 is 0 Å². The smallest absolute Gasteiger partial charge is 0.325 e. The first-order valence-corrected chi connectivity index (χ1v) is 10.3. The highest BCUT2D eigenvalue weighted by atomic mass is 16.5. The molecular weight excluding hydrogens is 388 g/mol. The minimum atomic E-state index is -0.844. The van der Waals surface area contributed by atoms with Gasteiger partial charge in [0, 0.05) is 12.6 Å². The molecule has 2 saturated heterocycles. The molecule has 0 aromatic heterocycles. The van der Waals surface area contributed by atoms with Gasteiger partial charge in [-0.3, -0.25) is 19.4 Å². The first-order chi connectivity index (χ1) is 14.5. The fraction of sp³-hybridized carbons (Fsp3) is 0.571. The molecule has 0 bridgehead atoms. The molecule has 0 aliphatic carbocycles. The number of likely N-dealkylation sites (N-methyl/N-ethyl adjacent to an activating group) is 1. The van der Waals surface area contributed by atoms with E-state index in [1.165, 1.54) is 14.2 Å². The summed E-state index contributed by atoms with van der Waals surface area (Å²) in [6.45, 7) is 4.79. The van der Waals surface area contributed by atoms with Crippen molar-refractivity contribution in [3.8, 4) is 11.5 Å². The Hall–Kier alpha value is -2.81. The Balaban J connectivity index is 1.55. The van der Waals surface area contributed by atoms with Gasteiger partial charge >= 0.3 is 6.03 Å². The van der Waals surface area contributed by atoms with E-state index in [0.29, 0.717) is 24.1 Å². The van der Waals surface area contributed by atoms with E-state index in [0.717, 1.165) is 36.4 Å². The molecule has 1 aromatic carbocycles. The first kappa shape index (κ1) is 21.9. The summed E-state index contributed by atoms with van der Waals surface area (Å²) in [5.41, 5.74) is 0.724. The number of imide groups is 1. The normalized spacial score (nSPS) is 21.6. The molecule has 4 amide bonds. The molecule has 30 heavy (non-hydrogen) atoms. The van der Waals surface area contributed by atoms with Gasteiger partial charge in [0.05, 0.1) is 27.2 Å². The minimum Gasteiger partial charge on any atom is -0.493 e. The highest BCUT2D eigenvalue weighted by Crippen LogP contribution is 2.28. The second-order valence-electron chi connectivity index (χ2n) is 7.55. The second kappa shape index (κ2) is 9.80. The maximum atomic E-state index is 12.7. The quantitative estimate of drug-likeness (QED) is 0.583. The molecule has 3 rings (SSSR count). The molecule has 9 nitrogen and oxygen atoms in total. The lowest BCUT2D eigenvalue weighted by atomic mass is 10.1. The number of benzene rings is 1. The molecule has 2 aliphatic rings. The van der Waals surface area contributed by atoms with Crippen LogP contribution < -0.4 is 20.1 Å². The van der Waals surface area contributed by atoms with E-state index >= 15 is 0 Å². The van der Waals surface area contributed by atoms with Gasteiger partial charge in [-0.15, -0.1) is 0 Å². The average molecular weight is 418 g/mol. The Morgan fingerprint density at radius 2 is 2.00 bits per heavy atom. The SMILES string of the molecule is CCN1CCC[C@H]1CNC(=O)C[C@@H]1NC(=O)N(Cc2ccc(OC)c(OC)c2)C1=O. The third kappa shape index (κ3) is 4.84. The molecule has 2 heterocycles. The summed E-state index contributed by atoms with van der Waals surface area (Å²) < 4.78 is 10.5. The van der Waals surface area contributed by atoms with Gasteiger partial charge in [-0.1, -0.05) is 13.0 Å². The van der Waals surface area contributed by atoms with Gasteiger partial charge in [-0.2, -0.15) is 0 Å². The third-order valence-electron chi connectivity index (χ3n) is 5.73. The lowest BCUT2D eigenvalue weighted by molar-refractivity contribution is -0.131.